The molecule has 0 bridgehead atoms. The monoisotopic (exact) mass is 208 g/mol. The number of hydrogen-bond acceptors (Lipinski definition) is 0. The van der Waals surface area contributed by atoms with Crippen molar-refractivity contribution >= 4 is 37.6 Å². The summed E-state index contributed by atoms with van der Waals surface area (Å²) >= 11 is 0. The summed E-state index contributed by atoms with van der Waals surface area (Å²) in [7, 11) is -0.809. The van der Waals surface area contributed by atoms with Crippen LogP contribution in [0.1, 0.15) is 45.4 Å². The Hall–Kier alpha value is 1.22. The summed E-state index contributed by atoms with van der Waals surface area (Å²) < 4.78 is 0. The summed E-state index contributed by atoms with van der Waals surface area (Å²) in [5.41, 5.74) is 1.07. The molecule has 0 aliphatic carbocycles. The number of hydrogen-bond donors (Lipinski definition) is 0. The van der Waals surface area contributed by atoms with Gasteiger partial charge in [-0.25, -0.2) is 0 Å². The SMILES string of the molecule is CC1CCCCCCC[Si]1(C)C.[NaH]. The average molecular weight is 208 g/mol. The van der Waals surface area contributed by atoms with Crippen molar-refractivity contribution in [1.29, 1.82) is 0 Å². The molecule has 0 amide bonds. The molecule has 1 heterocycles. The molecule has 1 unspecified atom stereocenters. The zero-order valence-corrected chi connectivity index (χ0v) is 10.0. The second-order valence-electron chi connectivity index (χ2n) is 5.20. The summed E-state index contributed by atoms with van der Waals surface area (Å²) in [4.78, 5) is 0. The molecule has 0 aromatic rings. The fourth-order valence-electron chi connectivity index (χ4n) is 2.20. The van der Waals surface area contributed by atoms with Crippen molar-refractivity contribution in [3.05, 3.63) is 0 Å². The first-order valence-electron chi connectivity index (χ1n) is 5.63. The predicted molar refractivity (Wildman–Crippen MR) is 66.6 cm³/mol. The topological polar surface area (TPSA) is 0 Å². The Morgan fingerprint density at radius 1 is 0.923 bits per heavy atom. The van der Waals surface area contributed by atoms with E-state index in [1.165, 1.54) is 38.5 Å². The van der Waals surface area contributed by atoms with Crippen LogP contribution in [0, 0.1) is 0 Å². The Morgan fingerprint density at radius 3 is 2.15 bits per heavy atom. The fourth-order valence-corrected chi connectivity index (χ4v) is 4.84. The predicted octanol–water partition coefficient (Wildman–Crippen LogP) is 3.79. The van der Waals surface area contributed by atoms with E-state index in [0.717, 1.165) is 5.54 Å². The van der Waals surface area contributed by atoms with Crippen LogP contribution >= 0.6 is 0 Å². The van der Waals surface area contributed by atoms with Crippen LogP contribution in [0.15, 0.2) is 0 Å². The Balaban J connectivity index is 0.00000144. The molecule has 1 fully saturated rings. The van der Waals surface area contributed by atoms with E-state index in [-0.39, 0.29) is 29.6 Å². The Bertz CT molecular complexity index is 134. The maximum atomic E-state index is 2.59. The van der Waals surface area contributed by atoms with Crippen molar-refractivity contribution in [2.45, 2.75) is 70.1 Å². The van der Waals surface area contributed by atoms with E-state index in [9.17, 15) is 0 Å². The molecule has 0 saturated carbocycles. The molecule has 0 radical (unpaired) electrons. The van der Waals surface area contributed by atoms with Crippen molar-refractivity contribution in [1.82, 2.24) is 0 Å². The van der Waals surface area contributed by atoms with Crippen molar-refractivity contribution in [2.75, 3.05) is 0 Å². The molecule has 1 aliphatic heterocycles. The van der Waals surface area contributed by atoms with Gasteiger partial charge in [-0.3, -0.25) is 0 Å². The molecule has 2 heteroatoms. The zero-order valence-electron chi connectivity index (χ0n) is 9.03. The van der Waals surface area contributed by atoms with Crippen LogP contribution in [-0.2, 0) is 0 Å². The summed E-state index contributed by atoms with van der Waals surface area (Å²) in [6, 6.07) is 1.58. The maximum absolute atomic E-state index is 2.59. The van der Waals surface area contributed by atoms with Gasteiger partial charge in [0.05, 0.1) is 8.07 Å². The average Bonchev–Trinajstić information content (AvgIpc) is 2.06. The van der Waals surface area contributed by atoms with Gasteiger partial charge in [0.1, 0.15) is 0 Å². The quantitative estimate of drug-likeness (QED) is 0.531. The van der Waals surface area contributed by atoms with Gasteiger partial charge in [-0.15, -0.1) is 0 Å². The molecule has 0 spiro atoms. The van der Waals surface area contributed by atoms with Gasteiger partial charge in [-0.2, -0.15) is 0 Å². The van der Waals surface area contributed by atoms with Gasteiger partial charge in [0, 0.05) is 0 Å². The van der Waals surface area contributed by atoms with Crippen molar-refractivity contribution < 1.29 is 0 Å². The summed E-state index contributed by atoms with van der Waals surface area (Å²) in [6.45, 7) is 7.67. The third-order valence-corrected chi connectivity index (χ3v) is 8.39. The molecule has 13 heavy (non-hydrogen) atoms. The van der Waals surface area contributed by atoms with Gasteiger partial charge in [0.15, 0.2) is 0 Å². The Kier molecular flexibility index (Phi) is 7.28. The van der Waals surface area contributed by atoms with Gasteiger partial charge < -0.3 is 0 Å². The van der Waals surface area contributed by atoms with Gasteiger partial charge in [-0.1, -0.05) is 64.6 Å². The minimum atomic E-state index is -0.809. The molecule has 0 aromatic carbocycles. The first-order valence-corrected chi connectivity index (χ1v) is 8.91. The molecule has 0 nitrogen and oxygen atoms in total. The fraction of sp³-hybridized carbons (Fsp3) is 1.00. The van der Waals surface area contributed by atoms with Crippen LogP contribution in [-0.4, -0.2) is 37.6 Å². The van der Waals surface area contributed by atoms with Gasteiger partial charge in [0.25, 0.3) is 0 Å². The minimum absolute atomic E-state index is 0. The molecular weight excluding hydrogens is 183 g/mol. The van der Waals surface area contributed by atoms with Gasteiger partial charge in [-0.05, 0) is 5.54 Å². The first-order chi connectivity index (χ1) is 5.63. The first kappa shape index (κ1) is 14.2. The Labute approximate surface area is 107 Å². The summed E-state index contributed by atoms with van der Waals surface area (Å²) in [5.74, 6) is 0. The molecule has 1 atom stereocenters. The van der Waals surface area contributed by atoms with E-state index < -0.39 is 8.07 Å². The van der Waals surface area contributed by atoms with E-state index in [1.54, 1.807) is 6.04 Å². The molecule has 1 rings (SSSR count). The summed E-state index contributed by atoms with van der Waals surface area (Å²) in [6.07, 6.45) is 9.02. The standard InChI is InChI=1S/C11H24Si.Na.H/c1-11-9-7-5-4-6-8-10-12(11,2)3;;/h11H,4-10H2,1-3H3;;. The van der Waals surface area contributed by atoms with Crippen LogP contribution in [0.25, 0.3) is 0 Å². The van der Waals surface area contributed by atoms with Gasteiger partial charge >= 0.3 is 29.6 Å². The molecule has 74 valence electrons. The van der Waals surface area contributed by atoms with Crippen LogP contribution in [0.3, 0.4) is 0 Å². The van der Waals surface area contributed by atoms with Crippen molar-refractivity contribution in [3.63, 3.8) is 0 Å². The van der Waals surface area contributed by atoms with Gasteiger partial charge in [0.2, 0.25) is 0 Å². The Morgan fingerprint density at radius 2 is 1.46 bits per heavy atom. The number of rotatable bonds is 0. The van der Waals surface area contributed by atoms with Crippen LogP contribution < -0.4 is 0 Å². The van der Waals surface area contributed by atoms with E-state index in [2.05, 4.69) is 20.0 Å². The molecule has 1 aliphatic rings. The normalized spacial score (nSPS) is 29.3. The van der Waals surface area contributed by atoms with E-state index in [1.807, 2.05) is 0 Å². The van der Waals surface area contributed by atoms with Crippen molar-refractivity contribution in [3.8, 4) is 0 Å². The van der Waals surface area contributed by atoms with Crippen molar-refractivity contribution in [2.24, 2.45) is 0 Å². The zero-order chi connectivity index (χ0) is 9.03. The molecular formula is C11H25NaSi. The molecule has 0 N–H and O–H groups in total. The van der Waals surface area contributed by atoms with E-state index in [4.69, 9.17) is 0 Å². The van der Waals surface area contributed by atoms with E-state index >= 15 is 0 Å². The second kappa shape index (κ2) is 6.65. The summed E-state index contributed by atoms with van der Waals surface area (Å²) in [5, 5.41) is 0. The third-order valence-electron chi connectivity index (χ3n) is 3.79. The third kappa shape index (κ3) is 5.01. The second-order valence-corrected chi connectivity index (χ2v) is 10.7. The van der Waals surface area contributed by atoms with Crippen LogP contribution in [0.4, 0.5) is 0 Å². The van der Waals surface area contributed by atoms with Crippen LogP contribution in [0.2, 0.25) is 24.7 Å². The molecule has 1 saturated heterocycles. The molecule has 0 aromatic heterocycles. The van der Waals surface area contributed by atoms with E-state index in [0.29, 0.717) is 0 Å². The van der Waals surface area contributed by atoms with Crippen LogP contribution in [0.5, 0.6) is 0 Å².